The molecule has 3 heteroatoms. The summed E-state index contributed by atoms with van der Waals surface area (Å²) in [7, 11) is 0. The van der Waals surface area contributed by atoms with Crippen molar-refractivity contribution in [1.82, 2.24) is 4.98 Å². The zero-order valence-electron chi connectivity index (χ0n) is 9.48. The van der Waals surface area contributed by atoms with Crippen LogP contribution in [0.25, 0.3) is 11.3 Å². The Morgan fingerprint density at radius 1 is 1.18 bits per heavy atom. The summed E-state index contributed by atoms with van der Waals surface area (Å²) >= 11 is 0. The fourth-order valence-corrected chi connectivity index (χ4v) is 2.44. The van der Waals surface area contributed by atoms with Crippen LogP contribution in [0.15, 0.2) is 29.0 Å². The second-order valence-electron chi connectivity index (χ2n) is 4.37. The number of aryl methyl sites for hydroxylation is 2. The van der Waals surface area contributed by atoms with E-state index in [1.165, 1.54) is 30.4 Å². The predicted octanol–water partition coefficient (Wildman–Crippen LogP) is 3.03. The average Bonchev–Trinajstić information content (AvgIpc) is 2.86. The second kappa shape index (κ2) is 4.17. The van der Waals surface area contributed by atoms with Gasteiger partial charge in [-0.2, -0.15) is 0 Å². The second-order valence-corrected chi connectivity index (χ2v) is 4.37. The van der Waals surface area contributed by atoms with Gasteiger partial charge in [-0.1, -0.05) is 12.1 Å². The van der Waals surface area contributed by atoms with Crippen molar-refractivity contribution in [3.63, 3.8) is 0 Å². The molecular formula is C14H13NO2. The smallest absolute Gasteiger partial charge is 0.194 e. The summed E-state index contributed by atoms with van der Waals surface area (Å²) in [5.41, 5.74) is 4.43. The molecule has 0 saturated heterocycles. The lowest BCUT2D eigenvalue weighted by atomic mass is 9.90. The molecule has 0 atom stereocenters. The predicted molar refractivity (Wildman–Crippen MR) is 64.0 cm³/mol. The van der Waals surface area contributed by atoms with Crippen molar-refractivity contribution in [2.45, 2.75) is 25.7 Å². The van der Waals surface area contributed by atoms with Gasteiger partial charge in [-0.3, -0.25) is 4.79 Å². The highest BCUT2D eigenvalue weighted by Crippen LogP contribution is 2.27. The number of aromatic nitrogens is 1. The summed E-state index contributed by atoms with van der Waals surface area (Å²) in [6, 6.07) is 6.31. The largest absolute Gasteiger partial charge is 0.440 e. The van der Waals surface area contributed by atoms with E-state index in [-0.39, 0.29) is 0 Å². The van der Waals surface area contributed by atoms with Crippen molar-refractivity contribution in [3.8, 4) is 11.3 Å². The standard InChI is InChI=1S/C14H13NO2/c16-8-13-14(15-9-17-13)12-6-5-10-3-1-2-4-11(10)7-12/h5-9H,1-4H2. The fourth-order valence-electron chi connectivity index (χ4n) is 2.44. The first-order chi connectivity index (χ1) is 8.38. The quantitative estimate of drug-likeness (QED) is 0.740. The number of carbonyl (C=O) groups excluding carboxylic acids is 1. The molecule has 86 valence electrons. The molecule has 0 bridgehead atoms. The molecule has 0 amide bonds. The molecule has 0 unspecified atom stereocenters. The molecule has 1 aliphatic rings. The van der Waals surface area contributed by atoms with Crippen LogP contribution in [0.5, 0.6) is 0 Å². The molecule has 1 aliphatic carbocycles. The Kier molecular flexibility index (Phi) is 2.52. The molecule has 0 fully saturated rings. The molecule has 1 aromatic heterocycles. The zero-order valence-corrected chi connectivity index (χ0v) is 9.48. The molecule has 0 radical (unpaired) electrons. The topological polar surface area (TPSA) is 43.1 Å². The van der Waals surface area contributed by atoms with Crippen LogP contribution >= 0.6 is 0 Å². The van der Waals surface area contributed by atoms with Crippen molar-refractivity contribution >= 4 is 6.29 Å². The molecule has 0 N–H and O–H groups in total. The van der Waals surface area contributed by atoms with Crippen LogP contribution in [0.1, 0.15) is 34.5 Å². The zero-order chi connectivity index (χ0) is 11.7. The van der Waals surface area contributed by atoms with Gasteiger partial charge in [0.2, 0.25) is 0 Å². The van der Waals surface area contributed by atoms with E-state index < -0.39 is 0 Å². The van der Waals surface area contributed by atoms with Gasteiger partial charge in [-0.05, 0) is 42.9 Å². The average molecular weight is 227 g/mol. The Labute approximate surface area is 99.5 Å². The van der Waals surface area contributed by atoms with E-state index in [0.717, 1.165) is 18.4 Å². The molecule has 3 nitrogen and oxygen atoms in total. The fraction of sp³-hybridized carbons (Fsp3) is 0.286. The maximum atomic E-state index is 10.8. The number of aldehydes is 1. The summed E-state index contributed by atoms with van der Waals surface area (Å²) in [6.07, 6.45) is 6.83. The summed E-state index contributed by atoms with van der Waals surface area (Å²) in [6.45, 7) is 0. The number of nitrogens with zero attached hydrogens (tertiary/aromatic N) is 1. The molecule has 2 aromatic rings. The number of carbonyl (C=O) groups is 1. The van der Waals surface area contributed by atoms with Gasteiger partial charge in [-0.15, -0.1) is 0 Å². The van der Waals surface area contributed by atoms with E-state index in [9.17, 15) is 4.79 Å². The van der Waals surface area contributed by atoms with E-state index in [4.69, 9.17) is 4.42 Å². The minimum atomic E-state index is 0.306. The van der Waals surface area contributed by atoms with Gasteiger partial charge in [0.1, 0.15) is 5.69 Å². The third-order valence-corrected chi connectivity index (χ3v) is 3.32. The number of hydrogen-bond donors (Lipinski definition) is 0. The van der Waals surface area contributed by atoms with E-state index in [1.54, 1.807) is 0 Å². The molecule has 1 heterocycles. The lowest BCUT2D eigenvalue weighted by molar-refractivity contribution is 0.110. The van der Waals surface area contributed by atoms with E-state index >= 15 is 0 Å². The molecule has 17 heavy (non-hydrogen) atoms. The van der Waals surface area contributed by atoms with Gasteiger partial charge in [0.05, 0.1) is 0 Å². The Morgan fingerprint density at radius 3 is 2.82 bits per heavy atom. The number of fused-ring (bicyclic) bond motifs is 1. The van der Waals surface area contributed by atoms with Crippen LogP contribution in [-0.2, 0) is 12.8 Å². The number of rotatable bonds is 2. The van der Waals surface area contributed by atoms with Crippen molar-refractivity contribution in [3.05, 3.63) is 41.5 Å². The first-order valence-electron chi connectivity index (χ1n) is 5.89. The Balaban J connectivity index is 2.07. The maximum absolute atomic E-state index is 10.8. The number of hydrogen-bond acceptors (Lipinski definition) is 3. The Bertz CT molecular complexity index is 557. The van der Waals surface area contributed by atoms with Crippen LogP contribution in [0, 0.1) is 0 Å². The van der Waals surface area contributed by atoms with Crippen molar-refractivity contribution in [2.75, 3.05) is 0 Å². The molecule has 0 saturated carbocycles. The van der Waals surface area contributed by atoms with E-state index in [0.29, 0.717) is 17.7 Å². The van der Waals surface area contributed by atoms with Crippen LogP contribution in [-0.4, -0.2) is 11.3 Å². The highest BCUT2D eigenvalue weighted by Gasteiger charge is 2.14. The van der Waals surface area contributed by atoms with Gasteiger partial charge in [-0.25, -0.2) is 4.98 Å². The highest BCUT2D eigenvalue weighted by atomic mass is 16.3. The Morgan fingerprint density at radius 2 is 2.00 bits per heavy atom. The van der Waals surface area contributed by atoms with Gasteiger partial charge in [0.15, 0.2) is 18.4 Å². The third-order valence-electron chi connectivity index (χ3n) is 3.32. The van der Waals surface area contributed by atoms with Gasteiger partial charge in [0.25, 0.3) is 0 Å². The van der Waals surface area contributed by atoms with Gasteiger partial charge < -0.3 is 4.42 Å². The monoisotopic (exact) mass is 227 g/mol. The van der Waals surface area contributed by atoms with Crippen molar-refractivity contribution < 1.29 is 9.21 Å². The first kappa shape index (κ1) is 10.3. The van der Waals surface area contributed by atoms with Crippen LogP contribution in [0.4, 0.5) is 0 Å². The summed E-state index contributed by atoms with van der Waals surface area (Å²) < 4.78 is 5.03. The van der Waals surface area contributed by atoms with Crippen molar-refractivity contribution in [1.29, 1.82) is 0 Å². The molecule has 1 aromatic carbocycles. The number of benzene rings is 1. The first-order valence-corrected chi connectivity index (χ1v) is 5.89. The summed E-state index contributed by atoms with van der Waals surface area (Å²) in [5, 5.41) is 0. The Hall–Kier alpha value is -1.90. The van der Waals surface area contributed by atoms with Crippen LogP contribution in [0.2, 0.25) is 0 Å². The lowest BCUT2D eigenvalue weighted by Gasteiger charge is -2.16. The minimum absolute atomic E-state index is 0.306. The normalized spacial score (nSPS) is 14.4. The van der Waals surface area contributed by atoms with Gasteiger partial charge in [0, 0.05) is 5.56 Å². The SMILES string of the molecule is O=Cc1ocnc1-c1ccc2c(c1)CCCC2. The van der Waals surface area contributed by atoms with E-state index in [2.05, 4.69) is 17.1 Å². The highest BCUT2D eigenvalue weighted by molar-refractivity contribution is 5.82. The van der Waals surface area contributed by atoms with Crippen LogP contribution < -0.4 is 0 Å². The molecular weight excluding hydrogens is 214 g/mol. The summed E-state index contributed by atoms with van der Waals surface area (Å²) in [5.74, 6) is 0.306. The number of oxazole rings is 1. The molecule has 3 rings (SSSR count). The van der Waals surface area contributed by atoms with E-state index in [1.807, 2.05) is 6.07 Å². The maximum Gasteiger partial charge on any atom is 0.194 e. The molecule has 0 aliphatic heterocycles. The van der Waals surface area contributed by atoms with Crippen molar-refractivity contribution in [2.24, 2.45) is 0 Å². The third kappa shape index (κ3) is 1.78. The lowest BCUT2D eigenvalue weighted by Crippen LogP contribution is -2.02. The summed E-state index contributed by atoms with van der Waals surface area (Å²) in [4.78, 5) is 14.9. The minimum Gasteiger partial charge on any atom is -0.440 e. The van der Waals surface area contributed by atoms with Gasteiger partial charge >= 0.3 is 0 Å². The molecule has 0 spiro atoms. The van der Waals surface area contributed by atoms with Crippen LogP contribution in [0.3, 0.4) is 0 Å².